The van der Waals surface area contributed by atoms with E-state index in [2.05, 4.69) is 31.1 Å². The highest BCUT2D eigenvalue weighted by atomic mass is 15.1. The third-order valence-electron chi connectivity index (χ3n) is 3.10. The highest BCUT2D eigenvalue weighted by Gasteiger charge is 2.16. The van der Waals surface area contributed by atoms with Crippen LogP contribution in [0.2, 0.25) is 0 Å². The lowest BCUT2D eigenvalue weighted by Crippen LogP contribution is -2.40. The Morgan fingerprint density at radius 1 is 1.47 bits per heavy atom. The molecule has 1 atom stereocenters. The Labute approximate surface area is 94.4 Å². The molecule has 1 fully saturated rings. The number of rotatable bonds is 5. The van der Waals surface area contributed by atoms with Crippen molar-refractivity contribution in [2.24, 2.45) is 11.7 Å². The normalized spacial score (nSPS) is 24.4. The van der Waals surface area contributed by atoms with Gasteiger partial charge in [-0.2, -0.15) is 0 Å². The maximum atomic E-state index is 5.93. The van der Waals surface area contributed by atoms with Gasteiger partial charge in [0, 0.05) is 12.1 Å². The molecular formula is C12H27N3. The maximum absolute atomic E-state index is 5.93. The molecule has 3 heteroatoms. The van der Waals surface area contributed by atoms with E-state index in [9.17, 15) is 0 Å². The smallest absolute Gasteiger partial charge is 0.0109 e. The van der Waals surface area contributed by atoms with Crippen LogP contribution in [0.25, 0.3) is 0 Å². The second-order valence-electron chi connectivity index (χ2n) is 5.71. The summed E-state index contributed by atoms with van der Waals surface area (Å²) in [5.74, 6) is 0.838. The van der Waals surface area contributed by atoms with Crippen LogP contribution in [0, 0.1) is 5.92 Å². The summed E-state index contributed by atoms with van der Waals surface area (Å²) in [6.45, 7) is 8.89. The number of likely N-dealkylation sites (tertiary alicyclic amines) is 1. The quantitative estimate of drug-likeness (QED) is 0.671. The molecular weight excluding hydrogens is 186 g/mol. The molecule has 1 unspecified atom stereocenters. The number of piperidine rings is 1. The largest absolute Gasteiger partial charge is 0.326 e. The Morgan fingerprint density at radius 3 is 2.80 bits per heavy atom. The van der Waals surface area contributed by atoms with Gasteiger partial charge in [0.2, 0.25) is 0 Å². The van der Waals surface area contributed by atoms with Crippen molar-refractivity contribution in [3.63, 3.8) is 0 Å². The van der Waals surface area contributed by atoms with E-state index in [0.717, 1.165) is 25.4 Å². The molecule has 0 bridgehead atoms. The molecule has 0 radical (unpaired) electrons. The van der Waals surface area contributed by atoms with Crippen molar-refractivity contribution in [3.05, 3.63) is 0 Å². The first-order chi connectivity index (χ1) is 6.97. The first-order valence-corrected chi connectivity index (χ1v) is 6.15. The van der Waals surface area contributed by atoms with Crippen molar-refractivity contribution in [1.82, 2.24) is 10.2 Å². The molecule has 0 aromatic carbocycles. The fourth-order valence-electron chi connectivity index (χ4n) is 2.16. The Balaban J connectivity index is 2.04. The highest BCUT2D eigenvalue weighted by Crippen LogP contribution is 2.13. The SMILES string of the molecule is CN1CCCC(CNCCC(C)(C)N)C1. The summed E-state index contributed by atoms with van der Waals surface area (Å²) in [6, 6.07) is 0. The van der Waals surface area contributed by atoms with E-state index in [1.807, 2.05) is 0 Å². The Kier molecular flexibility index (Phi) is 5.03. The molecule has 1 heterocycles. The Hall–Kier alpha value is -0.120. The molecule has 90 valence electrons. The molecule has 1 aliphatic rings. The van der Waals surface area contributed by atoms with Gasteiger partial charge in [-0.3, -0.25) is 0 Å². The van der Waals surface area contributed by atoms with Gasteiger partial charge >= 0.3 is 0 Å². The fraction of sp³-hybridized carbons (Fsp3) is 1.00. The van der Waals surface area contributed by atoms with E-state index in [1.54, 1.807) is 0 Å². The molecule has 1 saturated heterocycles. The fourth-order valence-corrected chi connectivity index (χ4v) is 2.16. The van der Waals surface area contributed by atoms with Crippen LogP contribution >= 0.6 is 0 Å². The van der Waals surface area contributed by atoms with E-state index in [0.29, 0.717) is 0 Å². The van der Waals surface area contributed by atoms with Crippen LogP contribution in [0.5, 0.6) is 0 Å². The topological polar surface area (TPSA) is 41.3 Å². The van der Waals surface area contributed by atoms with Crippen molar-refractivity contribution in [3.8, 4) is 0 Å². The standard InChI is InChI=1S/C12H27N3/c1-12(2,13)6-7-14-9-11-5-4-8-15(3)10-11/h11,14H,4-10,13H2,1-3H3. The maximum Gasteiger partial charge on any atom is 0.0109 e. The second kappa shape index (κ2) is 5.83. The van der Waals surface area contributed by atoms with E-state index in [1.165, 1.54) is 25.9 Å². The van der Waals surface area contributed by atoms with Gasteiger partial charge in [-0.05, 0) is 65.7 Å². The van der Waals surface area contributed by atoms with E-state index in [-0.39, 0.29) is 5.54 Å². The van der Waals surface area contributed by atoms with Crippen LogP contribution in [0.3, 0.4) is 0 Å². The van der Waals surface area contributed by atoms with Gasteiger partial charge in [0.15, 0.2) is 0 Å². The third kappa shape index (κ3) is 6.13. The van der Waals surface area contributed by atoms with Crippen LogP contribution in [0.1, 0.15) is 33.1 Å². The zero-order valence-electron chi connectivity index (χ0n) is 10.6. The third-order valence-corrected chi connectivity index (χ3v) is 3.10. The number of nitrogens with two attached hydrogens (primary N) is 1. The van der Waals surface area contributed by atoms with E-state index >= 15 is 0 Å². The predicted octanol–water partition coefficient (Wildman–Crippen LogP) is 1.05. The molecule has 0 aliphatic carbocycles. The molecule has 0 amide bonds. The van der Waals surface area contributed by atoms with E-state index in [4.69, 9.17) is 5.73 Å². The molecule has 15 heavy (non-hydrogen) atoms. The number of hydrogen-bond acceptors (Lipinski definition) is 3. The highest BCUT2D eigenvalue weighted by molar-refractivity contribution is 4.75. The molecule has 0 saturated carbocycles. The van der Waals surface area contributed by atoms with Crippen LogP contribution in [-0.2, 0) is 0 Å². The zero-order valence-corrected chi connectivity index (χ0v) is 10.6. The molecule has 3 nitrogen and oxygen atoms in total. The van der Waals surface area contributed by atoms with Gasteiger partial charge in [0.1, 0.15) is 0 Å². The van der Waals surface area contributed by atoms with Gasteiger partial charge in [-0.1, -0.05) is 0 Å². The van der Waals surface area contributed by atoms with Crippen molar-refractivity contribution >= 4 is 0 Å². The molecule has 0 aromatic heterocycles. The monoisotopic (exact) mass is 213 g/mol. The Morgan fingerprint density at radius 2 is 2.20 bits per heavy atom. The number of nitrogens with zero attached hydrogens (tertiary/aromatic N) is 1. The van der Waals surface area contributed by atoms with Gasteiger partial charge < -0.3 is 16.0 Å². The average Bonchev–Trinajstić information content (AvgIpc) is 2.11. The van der Waals surface area contributed by atoms with Crippen molar-refractivity contribution in [1.29, 1.82) is 0 Å². The van der Waals surface area contributed by atoms with Crippen molar-refractivity contribution in [2.75, 3.05) is 33.2 Å². The summed E-state index contributed by atoms with van der Waals surface area (Å²) >= 11 is 0. The summed E-state index contributed by atoms with van der Waals surface area (Å²) in [4.78, 5) is 2.43. The van der Waals surface area contributed by atoms with Gasteiger partial charge in [-0.25, -0.2) is 0 Å². The molecule has 0 aromatic rings. The molecule has 1 aliphatic heterocycles. The zero-order chi connectivity index (χ0) is 11.3. The summed E-state index contributed by atoms with van der Waals surface area (Å²) in [5.41, 5.74) is 5.90. The van der Waals surface area contributed by atoms with Crippen LogP contribution < -0.4 is 11.1 Å². The summed E-state index contributed by atoms with van der Waals surface area (Å²) in [6.07, 6.45) is 3.78. The van der Waals surface area contributed by atoms with Crippen molar-refractivity contribution < 1.29 is 0 Å². The first kappa shape index (κ1) is 12.9. The van der Waals surface area contributed by atoms with Crippen LogP contribution in [-0.4, -0.2) is 43.7 Å². The lowest BCUT2D eigenvalue weighted by molar-refractivity contribution is 0.205. The minimum atomic E-state index is -0.0314. The minimum Gasteiger partial charge on any atom is -0.326 e. The Bertz CT molecular complexity index is 174. The van der Waals surface area contributed by atoms with Gasteiger partial charge in [0.25, 0.3) is 0 Å². The average molecular weight is 213 g/mol. The van der Waals surface area contributed by atoms with Gasteiger partial charge in [-0.15, -0.1) is 0 Å². The number of nitrogens with one attached hydrogen (secondary N) is 1. The minimum absolute atomic E-state index is 0.0314. The summed E-state index contributed by atoms with van der Waals surface area (Å²) in [5, 5.41) is 3.53. The molecule has 3 N–H and O–H groups in total. The summed E-state index contributed by atoms with van der Waals surface area (Å²) < 4.78 is 0. The van der Waals surface area contributed by atoms with Crippen molar-refractivity contribution in [2.45, 2.75) is 38.6 Å². The van der Waals surface area contributed by atoms with Gasteiger partial charge in [0.05, 0.1) is 0 Å². The van der Waals surface area contributed by atoms with Crippen LogP contribution in [0.15, 0.2) is 0 Å². The lowest BCUT2D eigenvalue weighted by atomic mass is 9.98. The first-order valence-electron chi connectivity index (χ1n) is 6.15. The molecule has 0 spiro atoms. The lowest BCUT2D eigenvalue weighted by Gasteiger charge is -2.30. The van der Waals surface area contributed by atoms with E-state index < -0.39 is 0 Å². The van der Waals surface area contributed by atoms with Crippen LogP contribution in [0.4, 0.5) is 0 Å². The number of hydrogen-bond donors (Lipinski definition) is 2. The molecule has 1 rings (SSSR count). The predicted molar refractivity (Wildman–Crippen MR) is 66.0 cm³/mol. The second-order valence-corrected chi connectivity index (χ2v) is 5.71. The summed E-state index contributed by atoms with van der Waals surface area (Å²) in [7, 11) is 2.22.